The zero-order valence-corrected chi connectivity index (χ0v) is 33.5. The molecule has 0 radical (unpaired) electrons. The lowest BCUT2D eigenvalue weighted by Crippen LogP contribution is -2.66. The fourth-order valence-corrected chi connectivity index (χ4v) is 12.2. The molecule has 280 valence electrons. The predicted octanol–water partition coefficient (Wildman–Crippen LogP) is 8.54. The number of carbonyl (C=O) groups is 1. The maximum atomic E-state index is 14.9. The third-order valence-electron chi connectivity index (χ3n) is 10.5. The first-order valence-electron chi connectivity index (χ1n) is 17.7. The van der Waals surface area contributed by atoms with Crippen LogP contribution < -0.4 is 10.4 Å². The van der Waals surface area contributed by atoms with E-state index in [9.17, 15) is 18.0 Å². The number of hydrogen-bond acceptors (Lipinski definition) is 6. The standard InChI is InChI=1S/C40H55F3O6Si2/c1-37(2,3)50(8,9)46-28-19-26-33-35(48-33)34(49-36(44)39(45-7,40(41,42)43)30-20-13-10-14-21-30)27-29-47-51(38(4,5)6,31-22-15-11-16-23-31)32-24-17-12-18-25-32/h10-18,20-25,33-35H,19,26-29H2,1-9H3/t33-,34+,35+,39-/m0/s1. The van der Waals surface area contributed by atoms with Gasteiger partial charge in [-0.2, -0.15) is 13.2 Å². The SMILES string of the molecule is CO[C@](C(=O)O[C@H](CCO[Si](c1ccccc1)(c1ccccc1)C(C)(C)C)[C@@H]1O[C@H]1CCCO[Si](C)(C)C(C)(C)C)(c1ccccc1)C(F)(F)F. The molecule has 1 fully saturated rings. The molecule has 6 nitrogen and oxygen atoms in total. The molecule has 4 atom stereocenters. The summed E-state index contributed by atoms with van der Waals surface area (Å²) >= 11 is 0. The molecular weight excluding hydrogens is 690 g/mol. The van der Waals surface area contributed by atoms with E-state index in [1.54, 1.807) is 6.07 Å². The minimum Gasteiger partial charge on any atom is -0.457 e. The Kier molecular flexibility index (Phi) is 12.9. The van der Waals surface area contributed by atoms with Crippen molar-refractivity contribution in [1.82, 2.24) is 0 Å². The van der Waals surface area contributed by atoms with Gasteiger partial charge in [-0.05, 0) is 46.4 Å². The van der Waals surface area contributed by atoms with Crippen LogP contribution in [0.5, 0.6) is 0 Å². The van der Waals surface area contributed by atoms with Crippen molar-refractivity contribution < 1.29 is 41.0 Å². The lowest BCUT2D eigenvalue weighted by Gasteiger charge is -2.43. The summed E-state index contributed by atoms with van der Waals surface area (Å²) < 4.78 is 75.0. The normalized spacial score (nSPS) is 18.9. The summed E-state index contributed by atoms with van der Waals surface area (Å²) in [6.07, 6.45) is -5.53. The summed E-state index contributed by atoms with van der Waals surface area (Å²) in [6, 6.07) is 27.1. The largest absolute Gasteiger partial charge is 0.457 e. The number of halogens is 3. The molecular formula is C40H55F3O6Si2. The second-order valence-corrected chi connectivity index (χ2v) is 25.0. The first kappa shape index (κ1) is 41.0. The number of hydrogen-bond donors (Lipinski definition) is 0. The summed E-state index contributed by atoms with van der Waals surface area (Å²) in [5.74, 6) is -1.53. The number of carbonyl (C=O) groups excluding carboxylic acids is 1. The molecule has 1 aliphatic rings. The van der Waals surface area contributed by atoms with Gasteiger partial charge in [0.2, 0.25) is 0 Å². The Hall–Kier alpha value is -2.81. The fraction of sp³-hybridized carbons (Fsp3) is 0.525. The van der Waals surface area contributed by atoms with Gasteiger partial charge in [-0.3, -0.25) is 0 Å². The van der Waals surface area contributed by atoms with Crippen LogP contribution in [-0.4, -0.2) is 67.4 Å². The zero-order chi connectivity index (χ0) is 37.7. The number of benzene rings is 3. The van der Waals surface area contributed by atoms with Gasteiger partial charge in [0.25, 0.3) is 13.9 Å². The van der Waals surface area contributed by atoms with E-state index >= 15 is 0 Å². The van der Waals surface area contributed by atoms with Gasteiger partial charge in [0, 0.05) is 32.3 Å². The Morgan fingerprint density at radius 2 is 1.27 bits per heavy atom. The molecule has 51 heavy (non-hydrogen) atoms. The maximum absolute atomic E-state index is 14.9. The van der Waals surface area contributed by atoms with Crippen LogP contribution >= 0.6 is 0 Å². The van der Waals surface area contributed by atoms with Crippen LogP contribution in [0.25, 0.3) is 0 Å². The van der Waals surface area contributed by atoms with Crippen molar-refractivity contribution in [3.8, 4) is 0 Å². The van der Waals surface area contributed by atoms with E-state index in [1.807, 2.05) is 36.4 Å². The van der Waals surface area contributed by atoms with Gasteiger partial charge >= 0.3 is 12.1 Å². The van der Waals surface area contributed by atoms with E-state index in [4.69, 9.17) is 23.1 Å². The Bertz CT molecular complexity index is 1500. The molecule has 4 rings (SSSR count). The van der Waals surface area contributed by atoms with Crippen molar-refractivity contribution in [1.29, 1.82) is 0 Å². The third kappa shape index (κ3) is 8.88. The van der Waals surface area contributed by atoms with Crippen molar-refractivity contribution >= 4 is 33.0 Å². The highest BCUT2D eigenvalue weighted by atomic mass is 28.4. The Balaban J connectivity index is 1.62. The average Bonchev–Trinajstić information content (AvgIpc) is 3.84. The minimum atomic E-state index is -5.10. The number of rotatable bonds is 16. The second kappa shape index (κ2) is 16.1. The van der Waals surface area contributed by atoms with Gasteiger partial charge in [0.15, 0.2) is 8.32 Å². The molecule has 0 saturated carbocycles. The topological polar surface area (TPSA) is 66.5 Å². The fourth-order valence-electron chi connectivity index (χ4n) is 6.53. The molecule has 0 unspecified atom stereocenters. The van der Waals surface area contributed by atoms with Crippen LogP contribution in [0.4, 0.5) is 13.2 Å². The van der Waals surface area contributed by atoms with Crippen molar-refractivity contribution in [3.63, 3.8) is 0 Å². The number of ether oxygens (including phenoxy) is 3. The summed E-state index contributed by atoms with van der Waals surface area (Å²) in [5.41, 5.74) is -3.67. The molecule has 3 aromatic rings. The van der Waals surface area contributed by atoms with E-state index in [1.165, 1.54) is 24.3 Å². The molecule has 0 spiro atoms. The van der Waals surface area contributed by atoms with Crippen molar-refractivity contribution in [3.05, 3.63) is 96.6 Å². The molecule has 11 heteroatoms. The lowest BCUT2D eigenvalue weighted by molar-refractivity contribution is -0.278. The van der Waals surface area contributed by atoms with E-state index in [0.29, 0.717) is 19.4 Å². The second-order valence-electron chi connectivity index (χ2n) is 15.9. The molecule has 0 aromatic heterocycles. The molecule has 3 aromatic carbocycles. The van der Waals surface area contributed by atoms with Crippen LogP contribution in [0.2, 0.25) is 23.2 Å². The molecule has 0 aliphatic carbocycles. The van der Waals surface area contributed by atoms with Crippen molar-refractivity contribution in [2.24, 2.45) is 0 Å². The summed E-state index contributed by atoms with van der Waals surface area (Å²) in [6.45, 7) is 18.1. The zero-order valence-electron chi connectivity index (χ0n) is 31.5. The number of esters is 1. The quantitative estimate of drug-likeness (QED) is 0.0635. The van der Waals surface area contributed by atoms with Gasteiger partial charge < -0.3 is 23.1 Å². The highest BCUT2D eigenvalue weighted by Crippen LogP contribution is 2.45. The highest BCUT2D eigenvalue weighted by molar-refractivity contribution is 6.99. The van der Waals surface area contributed by atoms with Gasteiger partial charge in [0.1, 0.15) is 12.2 Å². The summed E-state index contributed by atoms with van der Waals surface area (Å²) in [5, 5.41) is 1.89. The van der Waals surface area contributed by atoms with E-state index in [2.05, 4.69) is 78.9 Å². The molecule has 0 bridgehead atoms. The Morgan fingerprint density at radius 3 is 1.73 bits per heavy atom. The van der Waals surface area contributed by atoms with Crippen molar-refractivity contribution in [2.45, 2.75) is 114 Å². The van der Waals surface area contributed by atoms with Crippen LogP contribution in [0, 0.1) is 0 Å². The number of alkyl halides is 3. The number of epoxide rings is 1. The van der Waals surface area contributed by atoms with E-state index < -0.39 is 46.6 Å². The van der Waals surface area contributed by atoms with Gasteiger partial charge in [-0.25, -0.2) is 4.79 Å². The van der Waals surface area contributed by atoms with Crippen LogP contribution in [0.1, 0.15) is 66.4 Å². The minimum absolute atomic E-state index is 0.0705. The third-order valence-corrected chi connectivity index (χ3v) is 20.0. The first-order chi connectivity index (χ1) is 23.8. The van der Waals surface area contributed by atoms with Gasteiger partial charge in [-0.1, -0.05) is 133 Å². The molecule has 0 N–H and O–H groups in total. The molecule has 1 aliphatic heterocycles. The number of methoxy groups -OCH3 is 1. The Labute approximate surface area is 304 Å². The monoisotopic (exact) mass is 744 g/mol. The Morgan fingerprint density at radius 1 is 0.765 bits per heavy atom. The highest BCUT2D eigenvalue weighted by Gasteiger charge is 2.65. The predicted molar refractivity (Wildman–Crippen MR) is 200 cm³/mol. The summed E-state index contributed by atoms with van der Waals surface area (Å²) in [7, 11) is -4.04. The maximum Gasteiger partial charge on any atom is 0.432 e. The van der Waals surface area contributed by atoms with Crippen LogP contribution in [0.15, 0.2) is 91.0 Å². The van der Waals surface area contributed by atoms with E-state index in [0.717, 1.165) is 17.5 Å². The first-order valence-corrected chi connectivity index (χ1v) is 22.6. The van der Waals surface area contributed by atoms with Gasteiger partial charge in [-0.15, -0.1) is 0 Å². The van der Waals surface area contributed by atoms with E-state index in [-0.39, 0.29) is 34.8 Å². The molecule has 0 amide bonds. The summed E-state index contributed by atoms with van der Waals surface area (Å²) in [4.78, 5) is 13.8. The smallest absolute Gasteiger partial charge is 0.432 e. The van der Waals surface area contributed by atoms with Crippen LogP contribution in [-0.2, 0) is 33.5 Å². The lowest BCUT2D eigenvalue weighted by atomic mass is 9.92. The average molecular weight is 745 g/mol. The van der Waals surface area contributed by atoms with Gasteiger partial charge in [0.05, 0.1) is 6.10 Å². The van der Waals surface area contributed by atoms with Crippen molar-refractivity contribution in [2.75, 3.05) is 20.3 Å². The van der Waals surface area contributed by atoms with Crippen LogP contribution in [0.3, 0.4) is 0 Å². The molecule has 1 saturated heterocycles. The molecule has 1 heterocycles.